The van der Waals surface area contributed by atoms with E-state index in [0.717, 1.165) is 23.7 Å². The van der Waals surface area contributed by atoms with Gasteiger partial charge in [0.2, 0.25) is 0 Å². The molecule has 0 aliphatic rings. The Bertz CT molecular complexity index is 540. The highest BCUT2D eigenvalue weighted by Crippen LogP contribution is 2.17. The first-order valence-electron chi connectivity index (χ1n) is 7.05. The van der Waals surface area contributed by atoms with Gasteiger partial charge >= 0.3 is 0 Å². The van der Waals surface area contributed by atoms with E-state index in [1.165, 1.54) is 11.1 Å². The molecule has 0 radical (unpaired) electrons. The molecule has 0 spiro atoms. The lowest BCUT2D eigenvalue weighted by molar-refractivity contribution is 0.414. The molecule has 2 aromatic carbocycles. The molecular weight excluding hydrogens is 284 g/mol. The summed E-state index contributed by atoms with van der Waals surface area (Å²) in [6, 6.07) is 16.1. The number of halogens is 1. The van der Waals surface area contributed by atoms with Crippen molar-refractivity contribution in [2.75, 3.05) is 20.2 Å². The number of ether oxygens (including phenoxy) is 1. The van der Waals surface area contributed by atoms with Gasteiger partial charge in [0.1, 0.15) is 5.75 Å². The van der Waals surface area contributed by atoms with Gasteiger partial charge in [-0.2, -0.15) is 0 Å². The van der Waals surface area contributed by atoms with Crippen molar-refractivity contribution >= 4 is 11.6 Å². The Morgan fingerprint density at radius 2 is 1.76 bits per heavy atom. The van der Waals surface area contributed by atoms with E-state index in [1.54, 1.807) is 7.11 Å². The Hall–Kier alpha value is -1.55. The lowest BCUT2D eigenvalue weighted by atomic mass is 10.1. The molecule has 0 amide bonds. The van der Waals surface area contributed by atoms with Gasteiger partial charge in [-0.25, -0.2) is 0 Å². The first-order chi connectivity index (χ1) is 10.2. The van der Waals surface area contributed by atoms with Crippen LogP contribution in [0.25, 0.3) is 0 Å². The highest BCUT2D eigenvalue weighted by molar-refractivity contribution is 6.30. The molecule has 1 unspecified atom stereocenters. The van der Waals surface area contributed by atoms with E-state index in [0.29, 0.717) is 6.54 Å². The summed E-state index contributed by atoms with van der Waals surface area (Å²) in [6.07, 6.45) is 0.948. The van der Waals surface area contributed by atoms with Gasteiger partial charge < -0.3 is 15.8 Å². The molecule has 1 atom stereocenters. The van der Waals surface area contributed by atoms with Crippen LogP contribution in [0.15, 0.2) is 48.5 Å². The fourth-order valence-corrected chi connectivity index (χ4v) is 2.34. The standard InChI is InChI=1S/C17H21ClN2O/c1-21-16-8-4-14(5-9-16)17(12-19)20-11-10-13-2-6-15(18)7-3-13/h2-9,17,20H,10-12,19H2,1H3. The van der Waals surface area contributed by atoms with E-state index in [1.807, 2.05) is 36.4 Å². The molecule has 4 heteroatoms. The molecule has 0 fully saturated rings. The Labute approximate surface area is 131 Å². The summed E-state index contributed by atoms with van der Waals surface area (Å²) in [4.78, 5) is 0. The summed E-state index contributed by atoms with van der Waals surface area (Å²) in [7, 11) is 1.67. The lowest BCUT2D eigenvalue weighted by Gasteiger charge is -2.17. The van der Waals surface area contributed by atoms with E-state index < -0.39 is 0 Å². The van der Waals surface area contributed by atoms with Gasteiger partial charge in [0, 0.05) is 17.6 Å². The van der Waals surface area contributed by atoms with Gasteiger partial charge in [0.25, 0.3) is 0 Å². The number of nitrogens with two attached hydrogens (primary N) is 1. The zero-order valence-electron chi connectivity index (χ0n) is 12.2. The molecule has 0 heterocycles. The van der Waals surface area contributed by atoms with E-state index in [2.05, 4.69) is 17.4 Å². The minimum Gasteiger partial charge on any atom is -0.497 e. The van der Waals surface area contributed by atoms with Gasteiger partial charge in [-0.3, -0.25) is 0 Å². The minimum absolute atomic E-state index is 0.156. The van der Waals surface area contributed by atoms with Crippen LogP contribution >= 0.6 is 11.6 Å². The largest absolute Gasteiger partial charge is 0.497 e. The number of methoxy groups -OCH3 is 1. The quantitative estimate of drug-likeness (QED) is 0.826. The average molecular weight is 305 g/mol. The molecule has 0 aliphatic carbocycles. The summed E-state index contributed by atoms with van der Waals surface area (Å²) in [5, 5.41) is 4.26. The SMILES string of the molecule is COc1ccc(C(CN)NCCc2ccc(Cl)cc2)cc1. The van der Waals surface area contributed by atoms with E-state index >= 15 is 0 Å². The zero-order valence-corrected chi connectivity index (χ0v) is 12.9. The maximum absolute atomic E-state index is 5.88. The molecule has 0 bridgehead atoms. The second-order valence-electron chi connectivity index (χ2n) is 4.89. The first-order valence-corrected chi connectivity index (χ1v) is 7.42. The summed E-state index contributed by atoms with van der Waals surface area (Å²) < 4.78 is 5.17. The van der Waals surface area contributed by atoms with Crippen LogP contribution < -0.4 is 15.8 Å². The molecule has 3 N–H and O–H groups in total. The van der Waals surface area contributed by atoms with Gasteiger partial charge in [-0.15, -0.1) is 0 Å². The summed E-state index contributed by atoms with van der Waals surface area (Å²) >= 11 is 5.88. The maximum Gasteiger partial charge on any atom is 0.118 e. The van der Waals surface area contributed by atoms with Crippen LogP contribution in [0.2, 0.25) is 5.02 Å². The number of nitrogens with one attached hydrogen (secondary N) is 1. The van der Waals surface area contributed by atoms with Gasteiger partial charge in [0.15, 0.2) is 0 Å². The monoisotopic (exact) mass is 304 g/mol. The molecule has 3 nitrogen and oxygen atoms in total. The van der Waals surface area contributed by atoms with Crippen molar-refractivity contribution in [1.29, 1.82) is 0 Å². The van der Waals surface area contributed by atoms with Crippen LogP contribution in [-0.2, 0) is 6.42 Å². The maximum atomic E-state index is 5.88. The normalized spacial score (nSPS) is 12.1. The first kappa shape index (κ1) is 15.8. The van der Waals surface area contributed by atoms with Crippen molar-refractivity contribution in [3.63, 3.8) is 0 Å². The molecule has 0 aromatic heterocycles. The van der Waals surface area contributed by atoms with Crippen molar-refractivity contribution in [2.24, 2.45) is 5.73 Å². The predicted octanol–water partition coefficient (Wildman–Crippen LogP) is 3.18. The highest BCUT2D eigenvalue weighted by Gasteiger charge is 2.08. The molecule has 0 aliphatic heterocycles. The Morgan fingerprint density at radius 1 is 1.10 bits per heavy atom. The summed E-state index contributed by atoms with van der Waals surface area (Å²) in [6.45, 7) is 1.43. The van der Waals surface area contributed by atoms with Crippen LogP contribution in [0.5, 0.6) is 5.75 Å². The zero-order chi connectivity index (χ0) is 15.1. The van der Waals surface area contributed by atoms with Crippen molar-refractivity contribution in [1.82, 2.24) is 5.32 Å². The van der Waals surface area contributed by atoms with Crippen LogP contribution in [-0.4, -0.2) is 20.2 Å². The lowest BCUT2D eigenvalue weighted by Crippen LogP contribution is -2.29. The molecule has 2 aromatic rings. The molecule has 0 saturated heterocycles. The fraction of sp³-hybridized carbons (Fsp3) is 0.294. The smallest absolute Gasteiger partial charge is 0.118 e. The third-order valence-electron chi connectivity index (χ3n) is 3.47. The van der Waals surface area contributed by atoms with Gasteiger partial charge in [-0.1, -0.05) is 35.9 Å². The molecule has 112 valence electrons. The average Bonchev–Trinajstić information content (AvgIpc) is 2.53. The van der Waals surface area contributed by atoms with Crippen LogP contribution in [0.3, 0.4) is 0 Å². The molecule has 0 saturated carbocycles. The van der Waals surface area contributed by atoms with Crippen molar-refractivity contribution in [2.45, 2.75) is 12.5 Å². The highest BCUT2D eigenvalue weighted by atomic mass is 35.5. The number of hydrogen-bond acceptors (Lipinski definition) is 3. The third kappa shape index (κ3) is 4.74. The second-order valence-corrected chi connectivity index (χ2v) is 5.33. The summed E-state index contributed by atoms with van der Waals surface area (Å²) in [5.74, 6) is 0.857. The molecule has 21 heavy (non-hydrogen) atoms. The molecular formula is C17H21ClN2O. The van der Waals surface area contributed by atoms with E-state index in [-0.39, 0.29) is 6.04 Å². The fourth-order valence-electron chi connectivity index (χ4n) is 2.22. The van der Waals surface area contributed by atoms with Crippen LogP contribution in [0.1, 0.15) is 17.2 Å². The van der Waals surface area contributed by atoms with Crippen LogP contribution in [0, 0.1) is 0 Å². The minimum atomic E-state index is 0.156. The van der Waals surface area contributed by atoms with Crippen molar-refractivity contribution in [3.05, 3.63) is 64.7 Å². The van der Waals surface area contributed by atoms with Crippen molar-refractivity contribution < 1.29 is 4.74 Å². The van der Waals surface area contributed by atoms with E-state index in [4.69, 9.17) is 22.1 Å². The number of hydrogen-bond donors (Lipinski definition) is 2. The Morgan fingerprint density at radius 3 is 2.33 bits per heavy atom. The second kappa shape index (κ2) is 8.03. The number of benzene rings is 2. The Balaban J connectivity index is 1.88. The predicted molar refractivity (Wildman–Crippen MR) is 87.9 cm³/mol. The van der Waals surface area contributed by atoms with Gasteiger partial charge in [0.05, 0.1) is 7.11 Å². The van der Waals surface area contributed by atoms with Crippen molar-refractivity contribution in [3.8, 4) is 5.75 Å². The van der Waals surface area contributed by atoms with Crippen LogP contribution in [0.4, 0.5) is 0 Å². The number of rotatable bonds is 7. The molecule has 2 rings (SSSR count). The topological polar surface area (TPSA) is 47.3 Å². The van der Waals surface area contributed by atoms with E-state index in [9.17, 15) is 0 Å². The summed E-state index contributed by atoms with van der Waals surface area (Å²) in [5.41, 5.74) is 8.30. The van der Waals surface area contributed by atoms with Gasteiger partial charge in [-0.05, 0) is 48.4 Å². The third-order valence-corrected chi connectivity index (χ3v) is 3.72. The Kier molecular flexibility index (Phi) is 6.05.